The van der Waals surface area contributed by atoms with E-state index in [1.165, 1.54) is 0 Å². The summed E-state index contributed by atoms with van der Waals surface area (Å²) in [5.41, 5.74) is 0.567. The Hall–Kier alpha value is -2.77. The van der Waals surface area contributed by atoms with Crippen LogP contribution < -0.4 is 4.74 Å². The van der Waals surface area contributed by atoms with Crippen LogP contribution in [0.3, 0.4) is 0 Å². The van der Waals surface area contributed by atoms with E-state index < -0.39 is 5.41 Å². The average molecular weight is 392 g/mol. The van der Waals surface area contributed by atoms with Crippen molar-refractivity contribution < 1.29 is 14.3 Å². The number of likely N-dealkylation sites (tertiary alicyclic amines) is 1. The number of para-hydroxylation sites is 1. The van der Waals surface area contributed by atoms with Gasteiger partial charge < -0.3 is 9.47 Å². The maximum atomic E-state index is 12.7. The van der Waals surface area contributed by atoms with Crippen LogP contribution in [0.2, 0.25) is 0 Å². The molecule has 0 aromatic heterocycles. The number of carbonyl (C=O) groups excluding carboxylic acids is 1. The van der Waals surface area contributed by atoms with Gasteiger partial charge in [-0.2, -0.15) is 0 Å². The first kappa shape index (κ1) is 21.0. The van der Waals surface area contributed by atoms with Crippen molar-refractivity contribution >= 4 is 5.97 Å². The molecule has 0 atom stereocenters. The minimum atomic E-state index is -0.464. The van der Waals surface area contributed by atoms with Crippen molar-refractivity contribution in [3.8, 4) is 17.6 Å². The third-order valence-corrected chi connectivity index (χ3v) is 5.42. The van der Waals surface area contributed by atoms with Crippen LogP contribution in [0.25, 0.3) is 0 Å². The van der Waals surface area contributed by atoms with Crippen LogP contribution in [-0.4, -0.2) is 43.7 Å². The van der Waals surface area contributed by atoms with Crippen molar-refractivity contribution in [1.29, 1.82) is 0 Å². The van der Waals surface area contributed by atoms with Gasteiger partial charge in [-0.3, -0.25) is 9.69 Å². The van der Waals surface area contributed by atoms with Gasteiger partial charge >= 0.3 is 5.97 Å². The highest BCUT2D eigenvalue weighted by Crippen LogP contribution is 2.36. The van der Waals surface area contributed by atoms with Crippen molar-refractivity contribution in [2.45, 2.75) is 26.2 Å². The highest BCUT2D eigenvalue weighted by atomic mass is 16.5. The Balaban J connectivity index is 1.54. The highest BCUT2D eigenvalue weighted by molar-refractivity contribution is 5.77. The van der Waals surface area contributed by atoms with Gasteiger partial charge in [0.1, 0.15) is 5.75 Å². The van der Waals surface area contributed by atoms with Gasteiger partial charge in [-0.1, -0.05) is 48.2 Å². The maximum Gasteiger partial charge on any atom is 0.312 e. The van der Waals surface area contributed by atoms with Gasteiger partial charge in [-0.25, -0.2) is 0 Å². The molecule has 0 aliphatic carbocycles. The fourth-order valence-corrected chi connectivity index (χ4v) is 3.64. The summed E-state index contributed by atoms with van der Waals surface area (Å²) in [5.74, 6) is 7.20. The molecular formula is C25H29NO3. The number of piperidine rings is 1. The first-order valence-electron chi connectivity index (χ1n) is 10.3. The lowest BCUT2D eigenvalue weighted by Gasteiger charge is -2.39. The van der Waals surface area contributed by atoms with Crippen LogP contribution in [0.1, 0.15) is 31.7 Å². The molecule has 4 nitrogen and oxygen atoms in total. The van der Waals surface area contributed by atoms with E-state index >= 15 is 0 Å². The maximum absolute atomic E-state index is 12.7. The summed E-state index contributed by atoms with van der Waals surface area (Å²) in [7, 11) is 0. The zero-order valence-corrected chi connectivity index (χ0v) is 17.1. The van der Waals surface area contributed by atoms with Crippen LogP contribution in [-0.2, 0) is 9.53 Å². The Morgan fingerprint density at radius 2 is 1.69 bits per heavy atom. The van der Waals surface area contributed by atoms with Crippen LogP contribution in [0.4, 0.5) is 0 Å². The second kappa shape index (κ2) is 10.7. The molecule has 0 spiro atoms. The molecule has 1 saturated heterocycles. The zero-order chi connectivity index (χ0) is 20.4. The molecule has 1 aliphatic rings. The van der Waals surface area contributed by atoms with Crippen LogP contribution in [0.15, 0.2) is 60.7 Å². The second-order valence-electron chi connectivity index (χ2n) is 7.36. The van der Waals surface area contributed by atoms with E-state index in [0.717, 1.165) is 37.2 Å². The lowest BCUT2D eigenvalue weighted by molar-refractivity contribution is -0.159. The molecule has 2 aromatic carbocycles. The first-order chi connectivity index (χ1) is 14.2. The quantitative estimate of drug-likeness (QED) is 0.525. The number of rotatable bonds is 7. The van der Waals surface area contributed by atoms with E-state index in [4.69, 9.17) is 9.47 Å². The van der Waals surface area contributed by atoms with Gasteiger partial charge in [0.15, 0.2) is 0 Å². The summed E-state index contributed by atoms with van der Waals surface area (Å²) < 4.78 is 11.3. The molecular weight excluding hydrogens is 362 g/mol. The van der Waals surface area contributed by atoms with E-state index in [0.29, 0.717) is 26.2 Å². The van der Waals surface area contributed by atoms with Crippen molar-refractivity contribution in [1.82, 2.24) is 4.90 Å². The molecule has 2 aromatic rings. The third kappa shape index (κ3) is 6.10. The predicted octanol–water partition coefficient (Wildman–Crippen LogP) is 4.15. The smallest absolute Gasteiger partial charge is 0.312 e. The molecule has 0 amide bonds. The lowest BCUT2D eigenvalue weighted by Crippen LogP contribution is -2.46. The van der Waals surface area contributed by atoms with Gasteiger partial charge in [0.2, 0.25) is 0 Å². The van der Waals surface area contributed by atoms with Gasteiger partial charge in [-0.05, 0) is 50.5 Å². The molecule has 3 rings (SSSR count). The van der Waals surface area contributed by atoms with Crippen molar-refractivity contribution in [2.24, 2.45) is 5.41 Å². The van der Waals surface area contributed by atoms with E-state index in [9.17, 15) is 4.79 Å². The second-order valence-corrected chi connectivity index (χ2v) is 7.36. The number of carbonyl (C=O) groups is 1. The molecule has 0 N–H and O–H groups in total. The van der Waals surface area contributed by atoms with Gasteiger partial charge in [0.25, 0.3) is 0 Å². The fourth-order valence-electron chi connectivity index (χ4n) is 3.64. The normalized spacial score (nSPS) is 15.8. The summed E-state index contributed by atoms with van der Waals surface area (Å²) in [4.78, 5) is 15.1. The van der Waals surface area contributed by atoms with Gasteiger partial charge in [-0.15, -0.1) is 0 Å². The standard InChI is InChI=1S/C25H29NO3/c1-2-28-24(27)25(17-21-29-23-13-7-4-8-14-23)15-19-26(20-16-25)18-9-12-22-10-5-3-6-11-22/h3-8,10-11,13-14H,2,15-21H2,1H3. The minimum absolute atomic E-state index is 0.0910. The summed E-state index contributed by atoms with van der Waals surface area (Å²) in [6, 6.07) is 19.7. The van der Waals surface area contributed by atoms with Gasteiger partial charge in [0.05, 0.1) is 25.2 Å². The van der Waals surface area contributed by atoms with Crippen LogP contribution in [0, 0.1) is 17.3 Å². The number of esters is 1. The topological polar surface area (TPSA) is 38.8 Å². The summed E-state index contributed by atoms with van der Waals surface area (Å²) in [6.07, 6.45) is 2.22. The number of ether oxygens (including phenoxy) is 2. The van der Waals surface area contributed by atoms with E-state index in [-0.39, 0.29) is 5.97 Å². The summed E-state index contributed by atoms with van der Waals surface area (Å²) in [5, 5.41) is 0. The zero-order valence-electron chi connectivity index (χ0n) is 17.1. The molecule has 0 unspecified atom stereocenters. The number of benzene rings is 2. The Bertz CT molecular complexity index is 815. The summed E-state index contributed by atoms with van der Waals surface area (Å²) in [6.45, 7) is 5.18. The molecule has 1 fully saturated rings. The molecule has 4 heteroatoms. The van der Waals surface area contributed by atoms with Crippen molar-refractivity contribution in [2.75, 3.05) is 32.8 Å². The molecule has 0 bridgehead atoms. The summed E-state index contributed by atoms with van der Waals surface area (Å²) >= 11 is 0. The largest absolute Gasteiger partial charge is 0.494 e. The molecule has 29 heavy (non-hydrogen) atoms. The molecule has 1 aliphatic heterocycles. The Morgan fingerprint density at radius 3 is 2.34 bits per heavy atom. The van der Waals surface area contributed by atoms with Crippen LogP contribution in [0.5, 0.6) is 5.75 Å². The van der Waals surface area contributed by atoms with Gasteiger partial charge in [0, 0.05) is 18.7 Å². The number of nitrogens with zero attached hydrogens (tertiary/aromatic N) is 1. The number of hydrogen-bond acceptors (Lipinski definition) is 4. The Kier molecular flexibility index (Phi) is 7.72. The molecule has 152 valence electrons. The van der Waals surface area contributed by atoms with E-state index in [2.05, 4.69) is 16.7 Å². The molecule has 0 radical (unpaired) electrons. The highest BCUT2D eigenvalue weighted by Gasteiger charge is 2.42. The van der Waals surface area contributed by atoms with Crippen molar-refractivity contribution in [3.05, 3.63) is 66.2 Å². The van der Waals surface area contributed by atoms with Crippen molar-refractivity contribution in [3.63, 3.8) is 0 Å². The fraction of sp³-hybridized carbons (Fsp3) is 0.400. The predicted molar refractivity (Wildman–Crippen MR) is 115 cm³/mol. The lowest BCUT2D eigenvalue weighted by atomic mass is 9.76. The minimum Gasteiger partial charge on any atom is -0.494 e. The number of hydrogen-bond donors (Lipinski definition) is 0. The SMILES string of the molecule is CCOC(=O)C1(CCOc2ccccc2)CCN(CC#Cc2ccccc2)CC1. The first-order valence-corrected chi connectivity index (χ1v) is 10.3. The molecule has 1 heterocycles. The third-order valence-electron chi connectivity index (χ3n) is 5.42. The molecule has 0 saturated carbocycles. The van der Waals surface area contributed by atoms with E-state index in [1.54, 1.807) is 0 Å². The monoisotopic (exact) mass is 391 g/mol. The average Bonchev–Trinajstić information content (AvgIpc) is 2.76. The Morgan fingerprint density at radius 1 is 1.03 bits per heavy atom. The van der Waals surface area contributed by atoms with E-state index in [1.807, 2.05) is 67.6 Å². The Labute approximate surface area is 173 Å². The van der Waals surface area contributed by atoms with Crippen LogP contribution >= 0.6 is 0 Å².